The van der Waals surface area contributed by atoms with E-state index in [1.165, 1.54) is 13.4 Å². The van der Waals surface area contributed by atoms with Crippen LogP contribution >= 0.6 is 0 Å². The smallest absolute Gasteiger partial charge is 0.437 e. The quantitative estimate of drug-likeness (QED) is 0.732. The molecule has 0 unspecified atom stereocenters. The molecule has 2 rings (SSSR count). The van der Waals surface area contributed by atoms with E-state index in [2.05, 4.69) is 19.7 Å². The van der Waals surface area contributed by atoms with E-state index in [4.69, 9.17) is 4.74 Å². The predicted octanol–water partition coefficient (Wildman–Crippen LogP) is 1.68. The van der Waals surface area contributed by atoms with Gasteiger partial charge in [-0.25, -0.2) is 9.78 Å². The lowest BCUT2D eigenvalue weighted by Gasteiger charge is -2.02. The number of rotatable bonds is 2. The molecule has 1 aromatic carbocycles. The second kappa shape index (κ2) is 5.02. The molecular formula is C11H9N3O3. The molecule has 0 fully saturated rings. The number of ether oxygens (including phenoxy) is 2. The highest BCUT2D eigenvalue weighted by molar-refractivity contribution is 5.62. The number of benzene rings is 1. The van der Waals surface area contributed by atoms with E-state index in [1.807, 2.05) is 30.3 Å². The lowest BCUT2D eigenvalue weighted by Crippen LogP contribution is -2.10. The maximum Gasteiger partial charge on any atom is 0.516 e. The highest BCUT2D eigenvalue weighted by atomic mass is 16.7. The van der Waals surface area contributed by atoms with Gasteiger partial charge in [-0.2, -0.15) is 9.97 Å². The van der Waals surface area contributed by atoms with Crippen LogP contribution in [0.4, 0.5) is 4.79 Å². The Kier molecular flexibility index (Phi) is 3.25. The van der Waals surface area contributed by atoms with Gasteiger partial charge in [0.2, 0.25) is 0 Å². The molecule has 0 N–H and O–H groups in total. The van der Waals surface area contributed by atoms with Crippen LogP contribution in [0.3, 0.4) is 0 Å². The molecule has 6 nitrogen and oxygen atoms in total. The molecule has 0 aliphatic rings. The van der Waals surface area contributed by atoms with E-state index in [1.54, 1.807) is 0 Å². The second-order valence-corrected chi connectivity index (χ2v) is 3.01. The van der Waals surface area contributed by atoms with Gasteiger partial charge >= 0.3 is 12.2 Å². The third-order valence-corrected chi connectivity index (χ3v) is 1.92. The normalized spacial score (nSPS) is 9.71. The molecule has 0 spiro atoms. The second-order valence-electron chi connectivity index (χ2n) is 3.01. The molecule has 1 heterocycles. The van der Waals surface area contributed by atoms with Crippen molar-refractivity contribution in [3.63, 3.8) is 0 Å². The largest absolute Gasteiger partial charge is 0.516 e. The average molecular weight is 231 g/mol. The minimum Gasteiger partial charge on any atom is -0.437 e. The van der Waals surface area contributed by atoms with Crippen molar-refractivity contribution in [1.82, 2.24) is 15.0 Å². The molecule has 0 radical (unpaired) electrons. The monoisotopic (exact) mass is 231 g/mol. The molecule has 0 bridgehead atoms. The van der Waals surface area contributed by atoms with Crippen LogP contribution in [0.25, 0.3) is 11.4 Å². The summed E-state index contributed by atoms with van der Waals surface area (Å²) in [4.78, 5) is 22.6. The number of methoxy groups -OCH3 is 1. The van der Waals surface area contributed by atoms with E-state index in [0.717, 1.165) is 5.56 Å². The molecule has 0 atom stereocenters. The van der Waals surface area contributed by atoms with Crippen molar-refractivity contribution in [2.24, 2.45) is 0 Å². The summed E-state index contributed by atoms with van der Waals surface area (Å²) in [5.74, 6) is 0.430. The van der Waals surface area contributed by atoms with Crippen molar-refractivity contribution in [3.8, 4) is 17.4 Å². The molecule has 2 aromatic rings. The lowest BCUT2D eigenvalue weighted by atomic mass is 10.2. The zero-order valence-electron chi connectivity index (χ0n) is 9.03. The highest BCUT2D eigenvalue weighted by Crippen LogP contribution is 2.14. The summed E-state index contributed by atoms with van der Waals surface area (Å²) >= 11 is 0. The Morgan fingerprint density at radius 2 is 1.94 bits per heavy atom. The first-order chi connectivity index (χ1) is 8.29. The van der Waals surface area contributed by atoms with Crippen LogP contribution in [0, 0.1) is 0 Å². The summed E-state index contributed by atoms with van der Waals surface area (Å²) < 4.78 is 9.04. The number of nitrogens with zero attached hydrogens (tertiary/aromatic N) is 3. The Morgan fingerprint density at radius 1 is 1.18 bits per heavy atom. The summed E-state index contributed by atoms with van der Waals surface area (Å²) in [6.07, 6.45) is 0.406. The first-order valence-corrected chi connectivity index (χ1v) is 4.80. The fourth-order valence-electron chi connectivity index (χ4n) is 1.17. The van der Waals surface area contributed by atoms with Crippen molar-refractivity contribution in [2.45, 2.75) is 0 Å². The van der Waals surface area contributed by atoms with Gasteiger partial charge in [0.25, 0.3) is 0 Å². The van der Waals surface area contributed by atoms with Gasteiger partial charge in [-0.15, -0.1) is 0 Å². The third-order valence-electron chi connectivity index (χ3n) is 1.92. The van der Waals surface area contributed by atoms with Crippen LogP contribution in [-0.4, -0.2) is 28.2 Å². The minimum atomic E-state index is -0.866. The Morgan fingerprint density at radius 3 is 2.65 bits per heavy atom. The number of carbonyl (C=O) groups is 1. The molecule has 0 saturated carbocycles. The molecule has 1 aromatic heterocycles. The zero-order valence-corrected chi connectivity index (χ0v) is 9.03. The van der Waals surface area contributed by atoms with E-state index >= 15 is 0 Å². The highest BCUT2D eigenvalue weighted by Gasteiger charge is 2.08. The Labute approximate surface area is 97.3 Å². The molecule has 0 saturated heterocycles. The van der Waals surface area contributed by atoms with Crippen molar-refractivity contribution >= 4 is 6.16 Å². The van der Waals surface area contributed by atoms with Crippen LogP contribution in [-0.2, 0) is 4.74 Å². The summed E-state index contributed by atoms with van der Waals surface area (Å²) in [6.45, 7) is 0. The molecule has 86 valence electrons. The fraction of sp³-hybridized carbons (Fsp3) is 0.0909. The van der Waals surface area contributed by atoms with Gasteiger partial charge in [-0.05, 0) is 0 Å². The van der Waals surface area contributed by atoms with Gasteiger partial charge < -0.3 is 9.47 Å². The molecule has 0 amide bonds. The van der Waals surface area contributed by atoms with Gasteiger partial charge in [-0.3, -0.25) is 0 Å². The van der Waals surface area contributed by atoms with Gasteiger partial charge in [0, 0.05) is 5.56 Å². The third kappa shape index (κ3) is 2.75. The van der Waals surface area contributed by atoms with Crippen molar-refractivity contribution < 1.29 is 14.3 Å². The van der Waals surface area contributed by atoms with Crippen LogP contribution in [0.1, 0.15) is 0 Å². The Hall–Kier alpha value is -2.50. The zero-order chi connectivity index (χ0) is 12.1. The summed E-state index contributed by atoms with van der Waals surface area (Å²) in [5, 5.41) is 0. The van der Waals surface area contributed by atoms with Crippen molar-refractivity contribution in [2.75, 3.05) is 7.11 Å². The standard InChI is InChI=1S/C11H9N3O3/c1-16-11(15)17-10-13-7-12-9(14-10)8-5-3-2-4-6-8/h2-7H,1H3. The number of hydrogen-bond acceptors (Lipinski definition) is 6. The van der Waals surface area contributed by atoms with Gasteiger partial charge in [0.1, 0.15) is 6.33 Å². The van der Waals surface area contributed by atoms with Gasteiger partial charge in [-0.1, -0.05) is 30.3 Å². The summed E-state index contributed by atoms with van der Waals surface area (Å²) in [6, 6.07) is 9.20. The predicted molar refractivity (Wildman–Crippen MR) is 58.3 cm³/mol. The van der Waals surface area contributed by atoms with Crippen LogP contribution < -0.4 is 4.74 Å². The van der Waals surface area contributed by atoms with E-state index in [-0.39, 0.29) is 6.01 Å². The molecule has 0 aliphatic heterocycles. The number of carbonyl (C=O) groups excluding carboxylic acids is 1. The molecule has 6 heteroatoms. The van der Waals surface area contributed by atoms with Crippen LogP contribution in [0.15, 0.2) is 36.7 Å². The molecular weight excluding hydrogens is 222 g/mol. The van der Waals surface area contributed by atoms with Crippen molar-refractivity contribution in [1.29, 1.82) is 0 Å². The van der Waals surface area contributed by atoms with Gasteiger partial charge in [0.05, 0.1) is 7.11 Å². The number of aromatic nitrogens is 3. The topological polar surface area (TPSA) is 74.2 Å². The lowest BCUT2D eigenvalue weighted by molar-refractivity contribution is 0.117. The SMILES string of the molecule is COC(=O)Oc1ncnc(-c2ccccc2)n1. The maximum absolute atomic E-state index is 10.9. The van der Waals surface area contributed by atoms with E-state index in [0.29, 0.717) is 5.82 Å². The maximum atomic E-state index is 10.9. The van der Waals surface area contributed by atoms with E-state index in [9.17, 15) is 4.79 Å². The minimum absolute atomic E-state index is 0.0919. The van der Waals surface area contributed by atoms with Crippen LogP contribution in [0.5, 0.6) is 6.01 Å². The summed E-state index contributed by atoms with van der Waals surface area (Å²) in [7, 11) is 1.21. The molecule has 17 heavy (non-hydrogen) atoms. The number of hydrogen-bond donors (Lipinski definition) is 0. The Bertz CT molecular complexity index is 516. The summed E-state index contributed by atoms with van der Waals surface area (Å²) in [5.41, 5.74) is 0.810. The fourth-order valence-corrected chi connectivity index (χ4v) is 1.17. The average Bonchev–Trinajstić information content (AvgIpc) is 2.40. The van der Waals surface area contributed by atoms with Gasteiger partial charge in [0.15, 0.2) is 5.82 Å². The molecule has 0 aliphatic carbocycles. The first kappa shape index (κ1) is 11.0. The first-order valence-electron chi connectivity index (χ1n) is 4.80. The van der Waals surface area contributed by atoms with Crippen molar-refractivity contribution in [3.05, 3.63) is 36.7 Å². The van der Waals surface area contributed by atoms with E-state index < -0.39 is 6.16 Å². The Balaban J connectivity index is 2.26. The van der Waals surface area contributed by atoms with Crippen LogP contribution in [0.2, 0.25) is 0 Å².